The number of ether oxygens (including phenoxy) is 1. The number of halogens is 4. The van der Waals surface area contributed by atoms with E-state index in [1.807, 2.05) is 6.07 Å². The fraction of sp³-hybridized carbons (Fsp3) is 0.409. The normalized spacial score (nSPS) is 29.1. The molecule has 158 valence electrons. The van der Waals surface area contributed by atoms with Gasteiger partial charge in [0.2, 0.25) is 0 Å². The average molecular weight is 438 g/mol. The van der Waals surface area contributed by atoms with Crippen molar-refractivity contribution in [2.24, 2.45) is 17.8 Å². The zero-order valence-electron chi connectivity index (χ0n) is 15.7. The number of alkyl halides is 3. The predicted octanol–water partition coefficient (Wildman–Crippen LogP) is 6.23. The molecule has 1 aliphatic heterocycles. The highest BCUT2D eigenvalue weighted by atomic mass is 35.5. The first kappa shape index (κ1) is 19.5. The van der Waals surface area contributed by atoms with Gasteiger partial charge in [-0.05, 0) is 78.3 Å². The molecule has 2 saturated carbocycles. The van der Waals surface area contributed by atoms with Crippen molar-refractivity contribution < 1.29 is 27.8 Å². The Morgan fingerprint density at radius 3 is 2.50 bits per heavy atom. The van der Waals surface area contributed by atoms with Gasteiger partial charge in [-0.2, -0.15) is 0 Å². The van der Waals surface area contributed by atoms with Crippen molar-refractivity contribution in [2.75, 3.05) is 5.32 Å². The van der Waals surface area contributed by atoms with Gasteiger partial charge in [0.05, 0.1) is 17.3 Å². The summed E-state index contributed by atoms with van der Waals surface area (Å²) in [6.45, 7) is 0. The van der Waals surface area contributed by atoms with Crippen LogP contribution >= 0.6 is 11.6 Å². The van der Waals surface area contributed by atoms with Crippen LogP contribution in [0.15, 0.2) is 36.4 Å². The highest BCUT2D eigenvalue weighted by Crippen LogP contribution is 2.64. The number of nitrogens with one attached hydrogen (secondary N) is 1. The molecule has 2 bridgehead atoms. The van der Waals surface area contributed by atoms with Crippen LogP contribution < -0.4 is 10.1 Å². The number of hydrogen-bond donors (Lipinski definition) is 2. The van der Waals surface area contributed by atoms with Gasteiger partial charge >= 0.3 is 12.3 Å². The summed E-state index contributed by atoms with van der Waals surface area (Å²) in [5.41, 5.74) is 2.47. The van der Waals surface area contributed by atoms with Crippen molar-refractivity contribution in [3.8, 4) is 5.75 Å². The quantitative estimate of drug-likeness (QED) is 0.597. The van der Waals surface area contributed by atoms with Crippen molar-refractivity contribution in [1.29, 1.82) is 0 Å². The average Bonchev–Trinajstić information content (AvgIpc) is 3.29. The first-order valence-electron chi connectivity index (χ1n) is 9.90. The van der Waals surface area contributed by atoms with Crippen molar-refractivity contribution >= 4 is 23.3 Å². The lowest BCUT2D eigenvalue weighted by atomic mass is 9.67. The highest BCUT2D eigenvalue weighted by molar-refractivity contribution is 6.31. The summed E-state index contributed by atoms with van der Waals surface area (Å²) < 4.78 is 41.5. The molecule has 30 heavy (non-hydrogen) atoms. The fourth-order valence-corrected chi connectivity index (χ4v) is 6.16. The second-order valence-electron chi connectivity index (χ2n) is 8.40. The lowest BCUT2D eigenvalue weighted by molar-refractivity contribution is -0.274. The van der Waals surface area contributed by atoms with Crippen molar-refractivity contribution in [1.82, 2.24) is 0 Å². The van der Waals surface area contributed by atoms with Crippen molar-refractivity contribution in [2.45, 2.75) is 37.6 Å². The van der Waals surface area contributed by atoms with E-state index in [4.69, 9.17) is 11.6 Å². The molecule has 8 heteroatoms. The number of carboxylic acids is 1. The molecule has 5 rings (SSSR count). The minimum atomic E-state index is -4.74. The summed E-state index contributed by atoms with van der Waals surface area (Å²) in [6.07, 6.45) is -1.45. The van der Waals surface area contributed by atoms with Gasteiger partial charge in [-0.3, -0.25) is 0 Å². The second-order valence-corrected chi connectivity index (χ2v) is 8.83. The molecule has 2 aliphatic carbocycles. The standard InChI is InChI=1S/C22H19ClF3NO3/c23-13-8-15-17-11-1-2-12(7-11)18(17)19(27-20(15)16(9-13)21(28)29)10-3-5-14(6-4-10)30-22(24,25)26/h3-6,8-9,11-12,17-19,27H,1-2,7H2,(H,28,29). The number of fused-ring (bicyclic) bond motifs is 7. The molecule has 2 aromatic rings. The lowest BCUT2D eigenvalue weighted by Gasteiger charge is -2.44. The predicted molar refractivity (Wildman–Crippen MR) is 105 cm³/mol. The van der Waals surface area contributed by atoms with Gasteiger partial charge in [0.25, 0.3) is 0 Å². The molecule has 0 spiro atoms. The molecule has 2 aromatic carbocycles. The van der Waals surface area contributed by atoms with Gasteiger partial charge in [-0.15, -0.1) is 13.2 Å². The summed E-state index contributed by atoms with van der Waals surface area (Å²) in [4.78, 5) is 11.9. The molecule has 2 fully saturated rings. The molecule has 5 unspecified atom stereocenters. The zero-order chi connectivity index (χ0) is 21.2. The van der Waals surface area contributed by atoms with E-state index in [9.17, 15) is 23.1 Å². The Balaban J connectivity index is 1.57. The Morgan fingerprint density at radius 2 is 1.83 bits per heavy atom. The van der Waals surface area contributed by atoms with Crippen LogP contribution in [0.5, 0.6) is 5.75 Å². The van der Waals surface area contributed by atoms with Crippen molar-refractivity contribution in [3.05, 3.63) is 58.1 Å². The summed E-state index contributed by atoms with van der Waals surface area (Å²) >= 11 is 6.25. The maximum absolute atomic E-state index is 12.5. The highest BCUT2D eigenvalue weighted by Gasteiger charge is 2.54. The van der Waals surface area contributed by atoms with Crippen LogP contribution in [0.3, 0.4) is 0 Å². The topological polar surface area (TPSA) is 58.6 Å². The molecule has 3 aliphatic rings. The first-order chi connectivity index (χ1) is 14.2. The van der Waals surface area contributed by atoms with E-state index in [1.165, 1.54) is 18.2 Å². The van der Waals surface area contributed by atoms with E-state index in [1.54, 1.807) is 12.1 Å². The largest absolute Gasteiger partial charge is 0.573 e. The zero-order valence-corrected chi connectivity index (χ0v) is 16.5. The van der Waals surface area contributed by atoms with Gasteiger partial charge in [-0.25, -0.2) is 4.79 Å². The molecular formula is C22H19ClF3NO3. The van der Waals surface area contributed by atoms with E-state index in [2.05, 4.69) is 10.1 Å². The summed E-state index contributed by atoms with van der Waals surface area (Å²) in [5.74, 6) is 0.0550. The van der Waals surface area contributed by atoms with Crippen LogP contribution in [0.1, 0.15) is 52.7 Å². The molecule has 1 heterocycles. The Labute approximate surface area is 176 Å². The smallest absolute Gasteiger partial charge is 0.478 e. The van der Waals surface area contributed by atoms with Gasteiger partial charge < -0.3 is 15.2 Å². The first-order valence-corrected chi connectivity index (χ1v) is 10.3. The Kier molecular flexibility index (Phi) is 4.43. The second kappa shape index (κ2) is 6.80. The van der Waals surface area contributed by atoms with Crippen LogP contribution in [-0.4, -0.2) is 17.4 Å². The van der Waals surface area contributed by atoms with Crippen LogP contribution in [0.4, 0.5) is 18.9 Å². The molecule has 0 saturated heterocycles. The van der Waals surface area contributed by atoms with E-state index >= 15 is 0 Å². The molecule has 5 atom stereocenters. The van der Waals surface area contributed by atoms with E-state index < -0.39 is 12.3 Å². The third kappa shape index (κ3) is 3.20. The summed E-state index contributed by atoms with van der Waals surface area (Å²) in [5, 5.41) is 13.5. The maximum atomic E-state index is 12.5. The number of carboxylic acid groups (broad SMARTS) is 1. The number of carbonyl (C=O) groups is 1. The number of aromatic carboxylic acids is 1. The Morgan fingerprint density at radius 1 is 1.13 bits per heavy atom. The molecule has 0 radical (unpaired) electrons. The van der Waals surface area contributed by atoms with E-state index in [-0.39, 0.29) is 29.2 Å². The third-order valence-electron chi connectivity index (χ3n) is 6.86. The summed E-state index contributed by atoms with van der Waals surface area (Å²) in [7, 11) is 0. The maximum Gasteiger partial charge on any atom is 0.573 e. The van der Waals surface area contributed by atoms with Crippen LogP contribution in [0.2, 0.25) is 5.02 Å². The van der Waals surface area contributed by atoms with Crippen LogP contribution in [0, 0.1) is 17.8 Å². The van der Waals surface area contributed by atoms with Crippen LogP contribution in [0.25, 0.3) is 0 Å². The summed E-state index contributed by atoms with van der Waals surface area (Å²) in [6, 6.07) is 9.00. The van der Waals surface area contributed by atoms with E-state index in [0.717, 1.165) is 30.4 Å². The molecule has 0 aromatic heterocycles. The van der Waals surface area contributed by atoms with Crippen LogP contribution in [-0.2, 0) is 0 Å². The van der Waals surface area contributed by atoms with E-state index in [0.29, 0.717) is 22.5 Å². The minimum Gasteiger partial charge on any atom is -0.478 e. The van der Waals surface area contributed by atoms with Gasteiger partial charge in [0, 0.05) is 5.02 Å². The Bertz CT molecular complexity index is 1010. The third-order valence-corrected chi connectivity index (χ3v) is 7.08. The minimum absolute atomic E-state index is 0.126. The number of benzene rings is 2. The monoisotopic (exact) mass is 437 g/mol. The molecule has 4 nitrogen and oxygen atoms in total. The van der Waals surface area contributed by atoms with Gasteiger partial charge in [-0.1, -0.05) is 23.7 Å². The van der Waals surface area contributed by atoms with Crippen molar-refractivity contribution in [3.63, 3.8) is 0 Å². The number of hydrogen-bond acceptors (Lipinski definition) is 3. The fourth-order valence-electron chi connectivity index (χ4n) is 5.93. The molecular weight excluding hydrogens is 419 g/mol. The lowest BCUT2D eigenvalue weighted by Crippen LogP contribution is -2.36. The SMILES string of the molecule is O=C(O)c1cc(Cl)cc2c1NC(c1ccc(OC(F)(F)F)cc1)C1C3CCC(C3)C21. The number of rotatable bonds is 3. The Hall–Kier alpha value is -2.41. The molecule has 2 N–H and O–H groups in total. The molecule has 0 amide bonds. The van der Waals surface area contributed by atoms with Gasteiger partial charge in [0.1, 0.15) is 5.75 Å². The van der Waals surface area contributed by atoms with Gasteiger partial charge in [0.15, 0.2) is 0 Å². The number of anilines is 1.